The Balaban J connectivity index is 3.21. The molecule has 0 aromatic heterocycles. The van der Waals surface area contributed by atoms with Gasteiger partial charge in [0.1, 0.15) is 0 Å². The Morgan fingerprint density at radius 3 is 2.42 bits per heavy atom. The van der Waals surface area contributed by atoms with Crippen molar-refractivity contribution in [3.8, 4) is 0 Å². The highest BCUT2D eigenvalue weighted by Gasteiger charge is 2.20. The van der Waals surface area contributed by atoms with Gasteiger partial charge >= 0.3 is 5.97 Å². The topological polar surface area (TPSA) is 77.5 Å². The van der Waals surface area contributed by atoms with Crippen LogP contribution < -0.4 is 0 Å². The van der Waals surface area contributed by atoms with Crippen LogP contribution in [0.4, 0.5) is 0 Å². The maximum atomic E-state index is 11.7. The van der Waals surface area contributed by atoms with Gasteiger partial charge in [0, 0.05) is 16.7 Å². The van der Waals surface area contributed by atoms with Gasteiger partial charge in [-0.3, -0.25) is 4.79 Å². The third kappa shape index (κ3) is 3.81. The molecule has 1 aromatic rings. The second-order valence-electron chi connectivity index (χ2n) is 3.69. The maximum Gasteiger partial charge on any atom is 0.379 e. The first-order chi connectivity index (χ1) is 8.81. The van der Waals surface area contributed by atoms with Crippen molar-refractivity contribution >= 4 is 33.4 Å². The van der Waals surface area contributed by atoms with E-state index in [9.17, 15) is 18.0 Å². The number of Topliss-reactive ketones (excluding diaryl/α,β-unsaturated/α-hetero) is 1. The molecule has 0 amide bonds. The summed E-state index contributed by atoms with van der Waals surface area (Å²) in [6, 6.07) is 4.03. The number of ether oxygens (including phenoxy) is 1. The van der Waals surface area contributed by atoms with E-state index in [1.165, 1.54) is 30.0 Å². The summed E-state index contributed by atoms with van der Waals surface area (Å²) in [7, 11) is -3.37. The molecule has 0 N–H and O–H groups in total. The Bertz CT molecular complexity index is 605. The van der Waals surface area contributed by atoms with E-state index in [1.807, 2.05) is 0 Å². The van der Waals surface area contributed by atoms with Crippen molar-refractivity contribution in [3.63, 3.8) is 0 Å². The molecule has 19 heavy (non-hydrogen) atoms. The van der Waals surface area contributed by atoms with Gasteiger partial charge < -0.3 is 4.74 Å². The summed E-state index contributed by atoms with van der Waals surface area (Å²) >= 11 is 1.20. The predicted molar refractivity (Wildman–Crippen MR) is 72.3 cm³/mol. The number of ketones is 1. The van der Waals surface area contributed by atoms with E-state index in [0.717, 1.165) is 6.26 Å². The Hall–Kier alpha value is -1.34. The smallest absolute Gasteiger partial charge is 0.379 e. The van der Waals surface area contributed by atoms with Crippen LogP contribution in [0.1, 0.15) is 17.3 Å². The molecule has 0 saturated carbocycles. The van der Waals surface area contributed by atoms with E-state index in [-0.39, 0.29) is 17.1 Å². The summed E-state index contributed by atoms with van der Waals surface area (Å²) in [6.45, 7) is 1.71. The summed E-state index contributed by atoms with van der Waals surface area (Å²) in [6.07, 6.45) is 2.79. The van der Waals surface area contributed by atoms with Crippen molar-refractivity contribution in [1.29, 1.82) is 0 Å². The number of carbonyl (C=O) groups excluding carboxylic acids is 2. The van der Waals surface area contributed by atoms with Crippen LogP contribution in [-0.4, -0.2) is 39.3 Å². The van der Waals surface area contributed by atoms with Gasteiger partial charge in [-0.2, -0.15) is 0 Å². The zero-order valence-electron chi connectivity index (χ0n) is 10.8. The third-order valence-electron chi connectivity index (χ3n) is 2.29. The SMILES string of the molecule is CCOC(=O)C(=O)c1ccc(S(C)(=O)=O)c(SC)c1. The molecule has 1 aromatic carbocycles. The van der Waals surface area contributed by atoms with E-state index in [2.05, 4.69) is 4.74 Å². The van der Waals surface area contributed by atoms with Crippen molar-refractivity contribution in [2.45, 2.75) is 16.7 Å². The van der Waals surface area contributed by atoms with Crippen LogP contribution >= 0.6 is 11.8 Å². The Morgan fingerprint density at radius 1 is 1.32 bits per heavy atom. The van der Waals surface area contributed by atoms with Crippen LogP contribution in [0.2, 0.25) is 0 Å². The number of esters is 1. The zero-order valence-corrected chi connectivity index (χ0v) is 12.4. The fourth-order valence-corrected chi connectivity index (χ4v) is 3.39. The standard InChI is InChI=1S/C12H14O5S2/c1-4-17-12(14)11(13)8-5-6-10(19(3,15)16)9(7-8)18-2/h5-7H,4H2,1-3H3. The largest absolute Gasteiger partial charge is 0.460 e. The number of carbonyl (C=O) groups is 2. The van der Waals surface area contributed by atoms with Crippen LogP contribution in [0.5, 0.6) is 0 Å². The van der Waals surface area contributed by atoms with Crippen molar-refractivity contribution in [2.75, 3.05) is 19.1 Å². The van der Waals surface area contributed by atoms with Gasteiger partial charge in [-0.25, -0.2) is 13.2 Å². The molecule has 5 nitrogen and oxygen atoms in total. The molecule has 1 rings (SSSR count). The molecule has 0 atom stereocenters. The molecular weight excluding hydrogens is 288 g/mol. The molecule has 0 aliphatic carbocycles. The molecule has 0 aliphatic heterocycles. The molecule has 0 heterocycles. The van der Waals surface area contributed by atoms with Crippen LogP contribution in [0, 0.1) is 0 Å². The minimum Gasteiger partial charge on any atom is -0.460 e. The maximum absolute atomic E-state index is 11.7. The quantitative estimate of drug-likeness (QED) is 0.355. The molecule has 104 valence electrons. The third-order valence-corrected chi connectivity index (χ3v) is 4.35. The van der Waals surface area contributed by atoms with Gasteiger partial charge in [-0.1, -0.05) is 0 Å². The van der Waals surface area contributed by atoms with Crippen LogP contribution in [-0.2, 0) is 19.4 Å². The van der Waals surface area contributed by atoms with Gasteiger partial charge in [-0.15, -0.1) is 11.8 Å². The van der Waals surface area contributed by atoms with Crippen LogP contribution in [0.3, 0.4) is 0 Å². The molecule has 0 fully saturated rings. The number of hydrogen-bond acceptors (Lipinski definition) is 6. The van der Waals surface area contributed by atoms with Crippen molar-refractivity contribution in [1.82, 2.24) is 0 Å². The number of hydrogen-bond donors (Lipinski definition) is 0. The fraction of sp³-hybridized carbons (Fsp3) is 0.333. The lowest BCUT2D eigenvalue weighted by Crippen LogP contribution is -2.17. The number of sulfone groups is 1. The molecule has 0 spiro atoms. The first-order valence-electron chi connectivity index (χ1n) is 5.40. The van der Waals surface area contributed by atoms with E-state index in [0.29, 0.717) is 4.90 Å². The minimum absolute atomic E-state index is 0.112. The Morgan fingerprint density at radius 2 is 1.95 bits per heavy atom. The van der Waals surface area contributed by atoms with Gasteiger partial charge in [0.15, 0.2) is 9.84 Å². The van der Waals surface area contributed by atoms with E-state index in [1.54, 1.807) is 13.2 Å². The van der Waals surface area contributed by atoms with Crippen LogP contribution in [0.25, 0.3) is 0 Å². The molecule has 0 saturated heterocycles. The lowest BCUT2D eigenvalue weighted by atomic mass is 10.1. The van der Waals surface area contributed by atoms with Gasteiger partial charge in [0.25, 0.3) is 5.78 Å². The molecule has 0 radical (unpaired) electrons. The highest BCUT2D eigenvalue weighted by molar-refractivity contribution is 7.99. The highest BCUT2D eigenvalue weighted by Crippen LogP contribution is 2.26. The van der Waals surface area contributed by atoms with E-state index < -0.39 is 21.6 Å². The zero-order chi connectivity index (χ0) is 14.6. The van der Waals surface area contributed by atoms with Crippen LogP contribution in [0.15, 0.2) is 28.0 Å². The fourth-order valence-electron chi connectivity index (χ4n) is 1.43. The summed E-state index contributed by atoms with van der Waals surface area (Å²) in [5.41, 5.74) is 0.121. The highest BCUT2D eigenvalue weighted by atomic mass is 32.2. The van der Waals surface area contributed by atoms with Crippen molar-refractivity contribution < 1.29 is 22.7 Å². The monoisotopic (exact) mass is 302 g/mol. The Labute approximate surface area is 116 Å². The molecule has 7 heteroatoms. The number of thioether (sulfide) groups is 1. The molecule has 0 aliphatic rings. The first-order valence-corrected chi connectivity index (χ1v) is 8.52. The van der Waals surface area contributed by atoms with Gasteiger partial charge in [0.05, 0.1) is 11.5 Å². The summed E-state index contributed by atoms with van der Waals surface area (Å²) < 4.78 is 27.7. The average Bonchev–Trinajstić information content (AvgIpc) is 2.36. The first kappa shape index (κ1) is 15.7. The summed E-state index contributed by atoms with van der Waals surface area (Å²) in [5, 5.41) is 0. The second kappa shape index (κ2) is 6.21. The second-order valence-corrected chi connectivity index (χ2v) is 6.52. The molecule has 0 bridgehead atoms. The molecule has 0 unspecified atom stereocenters. The van der Waals surface area contributed by atoms with Gasteiger partial charge in [-0.05, 0) is 31.4 Å². The lowest BCUT2D eigenvalue weighted by Gasteiger charge is -2.07. The average molecular weight is 302 g/mol. The number of benzene rings is 1. The normalized spacial score (nSPS) is 11.1. The van der Waals surface area contributed by atoms with Gasteiger partial charge in [0.2, 0.25) is 0 Å². The predicted octanol–water partition coefficient (Wildman–Crippen LogP) is 1.56. The van der Waals surface area contributed by atoms with E-state index in [4.69, 9.17) is 0 Å². The summed E-state index contributed by atoms with van der Waals surface area (Å²) in [5.74, 6) is -1.72. The van der Waals surface area contributed by atoms with E-state index >= 15 is 0 Å². The van der Waals surface area contributed by atoms with Crippen molar-refractivity contribution in [2.24, 2.45) is 0 Å². The minimum atomic E-state index is -3.37. The lowest BCUT2D eigenvalue weighted by molar-refractivity contribution is -0.137. The van der Waals surface area contributed by atoms with Crippen molar-refractivity contribution in [3.05, 3.63) is 23.8 Å². The number of rotatable bonds is 5. The molecular formula is C12H14O5S2. The summed E-state index contributed by atoms with van der Waals surface area (Å²) in [4.78, 5) is 23.6. The Kier molecular flexibility index (Phi) is 5.13.